The SMILES string of the molecule is CCCOc1ccc(C2c3c(oc4cc(C)c(C)cc4c3=O)C(=O)N2c2cccc(Br)c2)cc1. The molecule has 4 aromatic rings. The first-order valence-electron chi connectivity index (χ1n) is 11.3. The Balaban J connectivity index is 1.74. The van der Waals surface area contributed by atoms with Gasteiger partial charge in [0.1, 0.15) is 11.3 Å². The van der Waals surface area contributed by atoms with Crippen molar-refractivity contribution >= 4 is 38.5 Å². The van der Waals surface area contributed by atoms with Crippen molar-refractivity contribution in [1.82, 2.24) is 0 Å². The summed E-state index contributed by atoms with van der Waals surface area (Å²) in [7, 11) is 0. The number of halogens is 1. The number of hydrogen-bond acceptors (Lipinski definition) is 4. The molecule has 5 rings (SSSR count). The van der Waals surface area contributed by atoms with Crippen LogP contribution in [0.15, 0.2) is 74.3 Å². The van der Waals surface area contributed by atoms with Gasteiger partial charge in [0, 0.05) is 10.2 Å². The number of benzene rings is 3. The van der Waals surface area contributed by atoms with Gasteiger partial charge in [0.2, 0.25) is 5.76 Å². The van der Waals surface area contributed by atoms with E-state index in [0.717, 1.165) is 33.3 Å². The molecule has 1 atom stereocenters. The van der Waals surface area contributed by atoms with E-state index in [9.17, 15) is 9.59 Å². The van der Waals surface area contributed by atoms with Gasteiger partial charge >= 0.3 is 0 Å². The quantitative estimate of drug-likeness (QED) is 0.295. The highest BCUT2D eigenvalue weighted by molar-refractivity contribution is 9.10. The normalized spacial score (nSPS) is 15.1. The van der Waals surface area contributed by atoms with Gasteiger partial charge in [-0.3, -0.25) is 14.5 Å². The van der Waals surface area contributed by atoms with Crippen molar-refractivity contribution < 1.29 is 13.9 Å². The zero-order valence-corrected chi connectivity index (χ0v) is 20.8. The maximum Gasteiger partial charge on any atom is 0.295 e. The number of nitrogens with zero attached hydrogens (tertiary/aromatic N) is 1. The average Bonchev–Trinajstić information content (AvgIpc) is 3.12. The van der Waals surface area contributed by atoms with Crippen molar-refractivity contribution in [1.29, 1.82) is 0 Å². The van der Waals surface area contributed by atoms with E-state index in [1.807, 2.05) is 74.5 Å². The van der Waals surface area contributed by atoms with Crippen LogP contribution >= 0.6 is 15.9 Å². The lowest BCUT2D eigenvalue weighted by molar-refractivity contribution is 0.0971. The first-order valence-corrected chi connectivity index (χ1v) is 12.1. The molecule has 2 heterocycles. The first-order chi connectivity index (χ1) is 16.4. The van der Waals surface area contributed by atoms with Gasteiger partial charge in [0.25, 0.3) is 5.91 Å². The van der Waals surface area contributed by atoms with Crippen LogP contribution in [0, 0.1) is 13.8 Å². The van der Waals surface area contributed by atoms with Crippen molar-refractivity contribution in [2.45, 2.75) is 33.2 Å². The number of amides is 1. The highest BCUT2D eigenvalue weighted by Gasteiger charge is 2.43. The molecule has 0 bridgehead atoms. The third kappa shape index (κ3) is 3.72. The van der Waals surface area contributed by atoms with Crippen molar-refractivity contribution in [3.63, 3.8) is 0 Å². The molecule has 1 unspecified atom stereocenters. The van der Waals surface area contributed by atoms with Crippen LogP contribution in [0.25, 0.3) is 11.0 Å². The summed E-state index contributed by atoms with van der Waals surface area (Å²) in [6.07, 6.45) is 0.913. The minimum Gasteiger partial charge on any atom is -0.494 e. The van der Waals surface area contributed by atoms with E-state index in [1.165, 1.54) is 0 Å². The summed E-state index contributed by atoms with van der Waals surface area (Å²) in [6, 6.07) is 18.1. The number of fused-ring (bicyclic) bond motifs is 2. The molecule has 0 N–H and O–H groups in total. The lowest BCUT2D eigenvalue weighted by Crippen LogP contribution is -2.29. The number of carbonyl (C=O) groups is 1. The van der Waals surface area contributed by atoms with Crippen molar-refractivity contribution in [2.24, 2.45) is 0 Å². The Morgan fingerprint density at radius 1 is 1.00 bits per heavy atom. The highest BCUT2D eigenvalue weighted by atomic mass is 79.9. The van der Waals surface area contributed by atoms with Crippen LogP contribution in [0.3, 0.4) is 0 Å². The molecule has 3 aromatic carbocycles. The molecule has 0 aliphatic carbocycles. The molecule has 1 aliphatic rings. The van der Waals surface area contributed by atoms with E-state index in [2.05, 4.69) is 22.9 Å². The molecule has 172 valence electrons. The van der Waals surface area contributed by atoms with Gasteiger partial charge in [0.15, 0.2) is 5.43 Å². The van der Waals surface area contributed by atoms with Gasteiger partial charge in [-0.2, -0.15) is 0 Å². The van der Waals surface area contributed by atoms with Crippen LogP contribution < -0.4 is 15.1 Å². The molecular formula is C28H24BrNO4. The Labute approximate surface area is 206 Å². The Bertz CT molecular complexity index is 1470. The van der Waals surface area contributed by atoms with Gasteiger partial charge in [-0.15, -0.1) is 0 Å². The van der Waals surface area contributed by atoms with Crippen LogP contribution in [-0.4, -0.2) is 12.5 Å². The predicted molar refractivity (Wildman–Crippen MR) is 137 cm³/mol. The van der Waals surface area contributed by atoms with Gasteiger partial charge in [-0.05, 0) is 79.4 Å². The molecule has 0 saturated carbocycles. The van der Waals surface area contributed by atoms with Crippen LogP contribution in [-0.2, 0) is 0 Å². The van der Waals surface area contributed by atoms with E-state index >= 15 is 0 Å². The molecule has 6 heteroatoms. The Morgan fingerprint density at radius 3 is 2.44 bits per heavy atom. The minimum atomic E-state index is -0.612. The summed E-state index contributed by atoms with van der Waals surface area (Å²) in [5.41, 5.74) is 4.11. The maximum atomic E-state index is 13.8. The molecule has 0 saturated heterocycles. The standard InChI is InChI=1S/C28H24BrNO4/c1-4-12-33-21-10-8-18(9-11-21)25-24-26(31)22-13-16(2)17(3)14-23(22)34-27(24)28(32)30(25)20-7-5-6-19(29)15-20/h5-11,13-15,25H,4,12H2,1-3H3. The molecule has 34 heavy (non-hydrogen) atoms. The summed E-state index contributed by atoms with van der Waals surface area (Å²) >= 11 is 3.50. The number of anilines is 1. The minimum absolute atomic E-state index is 0.0945. The topological polar surface area (TPSA) is 59.8 Å². The maximum absolute atomic E-state index is 13.8. The van der Waals surface area contributed by atoms with E-state index in [4.69, 9.17) is 9.15 Å². The van der Waals surface area contributed by atoms with Gasteiger partial charge in [0.05, 0.1) is 23.6 Å². The summed E-state index contributed by atoms with van der Waals surface area (Å²) in [6.45, 7) is 6.61. The smallest absolute Gasteiger partial charge is 0.295 e. The van der Waals surface area contributed by atoms with Crippen molar-refractivity contribution in [3.05, 3.63) is 103 Å². The fraction of sp³-hybridized carbons (Fsp3) is 0.214. The summed E-state index contributed by atoms with van der Waals surface area (Å²) < 4.78 is 12.7. The number of ether oxygens (including phenoxy) is 1. The lowest BCUT2D eigenvalue weighted by Gasteiger charge is -2.25. The molecule has 1 amide bonds. The third-order valence-corrected chi connectivity index (χ3v) is 6.73. The Hall–Kier alpha value is -3.38. The second-order valence-electron chi connectivity index (χ2n) is 8.58. The van der Waals surface area contributed by atoms with Crippen LogP contribution in [0.2, 0.25) is 0 Å². The van der Waals surface area contributed by atoms with Gasteiger partial charge in [-0.1, -0.05) is 41.1 Å². The largest absolute Gasteiger partial charge is 0.494 e. The van der Waals surface area contributed by atoms with Crippen LogP contribution in [0.4, 0.5) is 5.69 Å². The Morgan fingerprint density at radius 2 is 1.74 bits per heavy atom. The molecular weight excluding hydrogens is 494 g/mol. The molecule has 0 spiro atoms. The number of carbonyl (C=O) groups excluding carboxylic acids is 1. The first kappa shape index (κ1) is 22.4. The fourth-order valence-corrected chi connectivity index (χ4v) is 4.79. The van der Waals surface area contributed by atoms with E-state index in [1.54, 1.807) is 4.90 Å². The monoisotopic (exact) mass is 517 g/mol. The van der Waals surface area contributed by atoms with E-state index < -0.39 is 6.04 Å². The van der Waals surface area contributed by atoms with Crippen LogP contribution in [0.5, 0.6) is 5.75 Å². The summed E-state index contributed by atoms with van der Waals surface area (Å²) in [5.74, 6) is 0.513. The zero-order valence-electron chi connectivity index (χ0n) is 19.2. The average molecular weight is 518 g/mol. The second-order valence-corrected chi connectivity index (χ2v) is 9.50. The molecule has 0 radical (unpaired) electrons. The number of rotatable bonds is 5. The van der Waals surface area contributed by atoms with Gasteiger partial charge in [-0.25, -0.2) is 0 Å². The summed E-state index contributed by atoms with van der Waals surface area (Å²) in [5, 5.41) is 0.485. The zero-order chi connectivity index (χ0) is 24.0. The lowest BCUT2D eigenvalue weighted by atomic mass is 9.97. The van der Waals surface area contributed by atoms with Crippen molar-refractivity contribution in [3.8, 4) is 5.75 Å². The Kier molecular flexibility index (Phi) is 5.78. The van der Waals surface area contributed by atoms with E-state index in [0.29, 0.717) is 28.8 Å². The van der Waals surface area contributed by atoms with Gasteiger partial charge < -0.3 is 9.15 Å². The number of aryl methyl sites for hydroxylation is 2. The molecule has 0 fully saturated rings. The van der Waals surface area contributed by atoms with Crippen molar-refractivity contribution in [2.75, 3.05) is 11.5 Å². The molecule has 1 aromatic heterocycles. The molecule has 5 nitrogen and oxygen atoms in total. The summed E-state index contributed by atoms with van der Waals surface area (Å²) in [4.78, 5) is 29.1. The predicted octanol–water partition coefficient (Wildman–Crippen LogP) is 6.71. The highest BCUT2D eigenvalue weighted by Crippen LogP contribution is 2.42. The number of hydrogen-bond donors (Lipinski definition) is 0. The second kappa shape index (κ2) is 8.76. The van der Waals surface area contributed by atoms with E-state index in [-0.39, 0.29) is 17.1 Å². The third-order valence-electron chi connectivity index (χ3n) is 6.24. The molecule has 1 aliphatic heterocycles. The van der Waals surface area contributed by atoms with Crippen LogP contribution in [0.1, 0.15) is 52.2 Å². The fourth-order valence-electron chi connectivity index (χ4n) is 4.40.